The maximum absolute atomic E-state index is 12.3. The summed E-state index contributed by atoms with van der Waals surface area (Å²) in [6, 6.07) is 6.53. The lowest BCUT2D eigenvalue weighted by atomic mass is 9.82. The first-order valence-corrected chi connectivity index (χ1v) is 7.03. The van der Waals surface area contributed by atoms with E-state index < -0.39 is 17.8 Å². The van der Waals surface area contributed by atoms with Gasteiger partial charge in [0.25, 0.3) is 5.91 Å². The van der Waals surface area contributed by atoms with Gasteiger partial charge in [0.15, 0.2) is 0 Å². The first-order valence-electron chi connectivity index (χ1n) is 7.03. The fourth-order valence-electron chi connectivity index (χ4n) is 2.49. The summed E-state index contributed by atoms with van der Waals surface area (Å²) in [5.41, 5.74) is 0.906. The normalized spacial score (nSPS) is 20.2. The second kappa shape index (κ2) is 6.89. The van der Waals surface area contributed by atoms with E-state index in [1.54, 1.807) is 30.3 Å². The van der Waals surface area contributed by atoms with Gasteiger partial charge in [-0.3, -0.25) is 14.4 Å². The molecule has 22 heavy (non-hydrogen) atoms. The topological polar surface area (TPSA) is 95.5 Å². The Balaban J connectivity index is 2.13. The molecule has 0 heterocycles. The molecule has 6 nitrogen and oxygen atoms in total. The number of benzene rings is 1. The SMILES string of the molecule is CNC(=O)c1cccc(NC(=O)C2CC=CCC2C(=O)O)c1. The third kappa shape index (κ3) is 3.52. The lowest BCUT2D eigenvalue weighted by Crippen LogP contribution is -2.34. The van der Waals surface area contributed by atoms with Crippen LogP contribution in [0.3, 0.4) is 0 Å². The second-order valence-electron chi connectivity index (χ2n) is 5.14. The van der Waals surface area contributed by atoms with Crippen molar-refractivity contribution in [1.82, 2.24) is 5.32 Å². The maximum Gasteiger partial charge on any atom is 0.307 e. The highest BCUT2D eigenvalue weighted by Crippen LogP contribution is 2.27. The number of hydrogen-bond acceptors (Lipinski definition) is 3. The van der Waals surface area contributed by atoms with E-state index in [4.69, 9.17) is 0 Å². The van der Waals surface area contributed by atoms with E-state index >= 15 is 0 Å². The molecule has 1 aromatic rings. The first-order chi connectivity index (χ1) is 10.5. The Hall–Kier alpha value is -2.63. The van der Waals surface area contributed by atoms with Crippen LogP contribution in [0.15, 0.2) is 36.4 Å². The molecule has 0 fully saturated rings. The van der Waals surface area contributed by atoms with Gasteiger partial charge in [0, 0.05) is 18.3 Å². The summed E-state index contributed by atoms with van der Waals surface area (Å²) in [6.07, 6.45) is 4.36. The monoisotopic (exact) mass is 302 g/mol. The summed E-state index contributed by atoms with van der Waals surface area (Å²) in [4.78, 5) is 35.1. The van der Waals surface area contributed by atoms with Gasteiger partial charge in [0.2, 0.25) is 5.91 Å². The van der Waals surface area contributed by atoms with Crippen molar-refractivity contribution < 1.29 is 19.5 Å². The highest BCUT2D eigenvalue weighted by Gasteiger charge is 2.33. The quantitative estimate of drug-likeness (QED) is 0.737. The molecular formula is C16H18N2O4. The highest BCUT2D eigenvalue weighted by molar-refractivity contribution is 5.98. The van der Waals surface area contributed by atoms with Gasteiger partial charge in [0.1, 0.15) is 0 Å². The van der Waals surface area contributed by atoms with Gasteiger partial charge in [0.05, 0.1) is 11.8 Å². The molecule has 1 aliphatic rings. The van der Waals surface area contributed by atoms with E-state index in [1.807, 2.05) is 6.08 Å². The van der Waals surface area contributed by atoms with Crippen LogP contribution in [0.4, 0.5) is 5.69 Å². The van der Waals surface area contributed by atoms with Crippen molar-refractivity contribution in [2.24, 2.45) is 11.8 Å². The van der Waals surface area contributed by atoms with Crippen molar-refractivity contribution in [3.8, 4) is 0 Å². The average molecular weight is 302 g/mol. The number of rotatable bonds is 4. The van der Waals surface area contributed by atoms with Crippen molar-refractivity contribution in [1.29, 1.82) is 0 Å². The Bertz CT molecular complexity index is 624. The maximum atomic E-state index is 12.3. The summed E-state index contributed by atoms with van der Waals surface area (Å²) in [6.45, 7) is 0. The molecule has 0 spiro atoms. The van der Waals surface area contributed by atoms with E-state index in [9.17, 15) is 19.5 Å². The Morgan fingerprint density at radius 1 is 1.14 bits per heavy atom. The van der Waals surface area contributed by atoms with E-state index in [2.05, 4.69) is 10.6 Å². The Morgan fingerprint density at radius 3 is 2.45 bits per heavy atom. The lowest BCUT2D eigenvalue weighted by Gasteiger charge is -2.24. The minimum atomic E-state index is -0.969. The molecule has 0 bridgehead atoms. The van der Waals surface area contributed by atoms with E-state index in [0.717, 1.165) is 0 Å². The largest absolute Gasteiger partial charge is 0.481 e. The van der Waals surface area contributed by atoms with Crippen LogP contribution in [0.2, 0.25) is 0 Å². The van der Waals surface area contributed by atoms with E-state index in [0.29, 0.717) is 24.1 Å². The minimum absolute atomic E-state index is 0.250. The number of nitrogens with one attached hydrogen (secondary N) is 2. The molecule has 2 rings (SSSR count). The minimum Gasteiger partial charge on any atom is -0.481 e. The van der Waals surface area contributed by atoms with Crippen LogP contribution in [0, 0.1) is 11.8 Å². The van der Waals surface area contributed by atoms with Crippen LogP contribution in [0.5, 0.6) is 0 Å². The van der Waals surface area contributed by atoms with Crippen LogP contribution >= 0.6 is 0 Å². The van der Waals surface area contributed by atoms with Crippen molar-refractivity contribution in [3.63, 3.8) is 0 Å². The van der Waals surface area contributed by atoms with Gasteiger partial charge in [-0.25, -0.2) is 0 Å². The predicted molar refractivity (Wildman–Crippen MR) is 81.5 cm³/mol. The Kier molecular flexibility index (Phi) is 4.93. The summed E-state index contributed by atoms with van der Waals surface area (Å²) >= 11 is 0. The number of hydrogen-bond donors (Lipinski definition) is 3. The Labute approximate surface area is 128 Å². The van der Waals surface area contributed by atoms with Crippen molar-refractivity contribution in [2.75, 3.05) is 12.4 Å². The standard InChI is InChI=1S/C16H18N2O4/c1-17-14(19)10-5-4-6-11(9-10)18-15(20)12-7-2-3-8-13(12)16(21)22/h2-6,9,12-13H,7-8H2,1H3,(H,17,19)(H,18,20)(H,21,22). The lowest BCUT2D eigenvalue weighted by molar-refractivity contribution is -0.146. The molecule has 1 aromatic carbocycles. The molecule has 1 aliphatic carbocycles. The van der Waals surface area contributed by atoms with Crippen LogP contribution in [-0.4, -0.2) is 29.9 Å². The molecule has 0 saturated heterocycles. The van der Waals surface area contributed by atoms with Crippen LogP contribution < -0.4 is 10.6 Å². The predicted octanol–water partition coefficient (Wildman–Crippen LogP) is 1.65. The Morgan fingerprint density at radius 2 is 1.82 bits per heavy atom. The number of amides is 2. The van der Waals surface area contributed by atoms with Crippen LogP contribution in [0.1, 0.15) is 23.2 Å². The van der Waals surface area contributed by atoms with Crippen LogP contribution in [0.25, 0.3) is 0 Å². The third-order valence-corrected chi connectivity index (χ3v) is 3.71. The number of carbonyl (C=O) groups is 3. The molecule has 0 aliphatic heterocycles. The molecule has 3 N–H and O–H groups in total. The van der Waals surface area contributed by atoms with Crippen molar-refractivity contribution in [2.45, 2.75) is 12.8 Å². The summed E-state index contributed by atoms with van der Waals surface area (Å²) in [5.74, 6) is -2.88. The number of anilines is 1. The van der Waals surface area contributed by atoms with Gasteiger partial charge in [-0.2, -0.15) is 0 Å². The second-order valence-corrected chi connectivity index (χ2v) is 5.14. The van der Waals surface area contributed by atoms with E-state index in [1.165, 1.54) is 7.05 Å². The number of carboxylic acid groups (broad SMARTS) is 1. The van der Waals surface area contributed by atoms with E-state index in [-0.39, 0.29) is 11.8 Å². The molecule has 0 aromatic heterocycles. The molecule has 2 unspecified atom stereocenters. The zero-order valence-electron chi connectivity index (χ0n) is 12.2. The van der Waals surface area contributed by atoms with Gasteiger partial charge in [-0.05, 0) is 31.0 Å². The zero-order valence-corrected chi connectivity index (χ0v) is 12.2. The number of allylic oxidation sites excluding steroid dienone is 2. The fraction of sp³-hybridized carbons (Fsp3) is 0.312. The fourth-order valence-corrected chi connectivity index (χ4v) is 2.49. The first kappa shape index (κ1) is 15.8. The molecule has 6 heteroatoms. The molecular weight excluding hydrogens is 284 g/mol. The van der Waals surface area contributed by atoms with Crippen LogP contribution in [-0.2, 0) is 9.59 Å². The zero-order chi connectivity index (χ0) is 16.1. The summed E-state index contributed by atoms with van der Waals surface area (Å²) in [5, 5.41) is 14.4. The van der Waals surface area contributed by atoms with Crippen molar-refractivity contribution in [3.05, 3.63) is 42.0 Å². The smallest absolute Gasteiger partial charge is 0.307 e. The molecule has 0 radical (unpaired) electrons. The molecule has 0 saturated carbocycles. The number of carbonyl (C=O) groups excluding carboxylic acids is 2. The number of aliphatic carboxylic acids is 1. The van der Waals surface area contributed by atoms with Gasteiger partial charge in [-0.15, -0.1) is 0 Å². The third-order valence-electron chi connectivity index (χ3n) is 3.71. The van der Waals surface area contributed by atoms with Gasteiger partial charge < -0.3 is 15.7 Å². The number of carboxylic acids is 1. The summed E-state index contributed by atoms with van der Waals surface area (Å²) < 4.78 is 0. The molecule has 2 amide bonds. The summed E-state index contributed by atoms with van der Waals surface area (Å²) in [7, 11) is 1.53. The average Bonchev–Trinajstić information content (AvgIpc) is 2.54. The molecule has 2 atom stereocenters. The molecule has 116 valence electrons. The highest BCUT2D eigenvalue weighted by atomic mass is 16.4. The van der Waals surface area contributed by atoms with Crippen molar-refractivity contribution >= 4 is 23.5 Å². The van der Waals surface area contributed by atoms with Gasteiger partial charge in [-0.1, -0.05) is 18.2 Å². The van der Waals surface area contributed by atoms with Gasteiger partial charge >= 0.3 is 5.97 Å².